The van der Waals surface area contributed by atoms with Crippen LogP contribution in [0.4, 0.5) is 4.39 Å². The molecule has 1 unspecified atom stereocenters. The SMILES string of the molecule is Cc1ccccc1CSCC(=O)N(Cc1ccccc1F)C(C)C(=O)NC1CCCCC1. The van der Waals surface area contributed by atoms with Gasteiger partial charge in [-0.2, -0.15) is 0 Å². The third-order valence-electron chi connectivity index (χ3n) is 6.16. The molecule has 4 nitrogen and oxygen atoms in total. The molecule has 2 amide bonds. The number of thioether (sulfide) groups is 1. The highest BCUT2D eigenvalue weighted by Gasteiger charge is 2.28. The van der Waals surface area contributed by atoms with Crippen molar-refractivity contribution in [1.29, 1.82) is 0 Å². The normalized spacial score (nSPS) is 15.2. The molecule has 1 aliphatic carbocycles. The molecule has 0 heterocycles. The van der Waals surface area contributed by atoms with E-state index in [0.717, 1.165) is 25.7 Å². The number of nitrogens with one attached hydrogen (secondary N) is 1. The minimum Gasteiger partial charge on any atom is -0.352 e. The first-order chi connectivity index (χ1) is 15.5. The maximum absolute atomic E-state index is 14.3. The van der Waals surface area contributed by atoms with Crippen LogP contribution in [0.3, 0.4) is 0 Å². The first-order valence-corrected chi connectivity index (χ1v) is 12.6. The Hall–Kier alpha value is -2.34. The summed E-state index contributed by atoms with van der Waals surface area (Å²) in [4.78, 5) is 27.7. The number of carbonyl (C=O) groups excluding carboxylic acids is 2. The molecule has 2 aromatic carbocycles. The molecule has 0 spiro atoms. The van der Waals surface area contributed by atoms with E-state index in [2.05, 4.69) is 24.4 Å². The van der Waals surface area contributed by atoms with Gasteiger partial charge in [0.2, 0.25) is 11.8 Å². The highest BCUT2D eigenvalue weighted by atomic mass is 32.2. The summed E-state index contributed by atoms with van der Waals surface area (Å²) in [5.74, 6) is 0.278. The molecule has 0 radical (unpaired) electrons. The molecule has 2 aromatic rings. The third-order valence-corrected chi connectivity index (χ3v) is 7.13. The Morgan fingerprint density at radius 2 is 1.72 bits per heavy atom. The van der Waals surface area contributed by atoms with Gasteiger partial charge in [-0.25, -0.2) is 4.39 Å². The van der Waals surface area contributed by atoms with Gasteiger partial charge in [-0.15, -0.1) is 11.8 Å². The summed E-state index contributed by atoms with van der Waals surface area (Å²) in [6.45, 7) is 3.87. The van der Waals surface area contributed by atoms with Crippen molar-refractivity contribution < 1.29 is 14.0 Å². The lowest BCUT2D eigenvalue weighted by Gasteiger charge is -2.31. The summed E-state index contributed by atoms with van der Waals surface area (Å²) in [5, 5.41) is 3.11. The number of amides is 2. The lowest BCUT2D eigenvalue weighted by molar-refractivity contribution is -0.139. The molecule has 0 aliphatic heterocycles. The van der Waals surface area contributed by atoms with Crippen LogP contribution in [0.25, 0.3) is 0 Å². The Morgan fingerprint density at radius 1 is 1.06 bits per heavy atom. The van der Waals surface area contributed by atoms with E-state index in [0.29, 0.717) is 11.3 Å². The summed E-state index contributed by atoms with van der Waals surface area (Å²) in [6, 6.07) is 14.0. The lowest BCUT2D eigenvalue weighted by Crippen LogP contribution is -2.51. The molecule has 1 aliphatic rings. The van der Waals surface area contributed by atoms with Gasteiger partial charge in [0.25, 0.3) is 0 Å². The van der Waals surface area contributed by atoms with E-state index in [1.54, 1.807) is 25.1 Å². The summed E-state index contributed by atoms with van der Waals surface area (Å²) >= 11 is 1.52. The fraction of sp³-hybridized carbons (Fsp3) is 0.462. The molecule has 6 heteroatoms. The second kappa shape index (κ2) is 12.0. The van der Waals surface area contributed by atoms with Crippen LogP contribution in [0.1, 0.15) is 55.7 Å². The Kier molecular flexibility index (Phi) is 9.15. The van der Waals surface area contributed by atoms with E-state index in [1.165, 1.54) is 40.3 Å². The Labute approximate surface area is 195 Å². The molecule has 0 bridgehead atoms. The zero-order valence-corrected chi connectivity index (χ0v) is 19.8. The second-order valence-electron chi connectivity index (χ2n) is 8.55. The summed E-state index contributed by atoms with van der Waals surface area (Å²) in [6.07, 6.45) is 5.40. The van der Waals surface area contributed by atoms with Crippen LogP contribution in [-0.4, -0.2) is 34.6 Å². The largest absolute Gasteiger partial charge is 0.352 e. The van der Waals surface area contributed by atoms with Gasteiger partial charge in [0.15, 0.2) is 0 Å². The van der Waals surface area contributed by atoms with Crippen molar-refractivity contribution in [3.63, 3.8) is 0 Å². The minimum atomic E-state index is -0.664. The monoisotopic (exact) mass is 456 g/mol. The molecule has 172 valence electrons. The van der Waals surface area contributed by atoms with Crippen molar-refractivity contribution in [1.82, 2.24) is 10.2 Å². The Balaban J connectivity index is 1.67. The summed E-state index contributed by atoms with van der Waals surface area (Å²) < 4.78 is 14.3. The summed E-state index contributed by atoms with van der Waals surface area (Å²) in [5.41, 5.74) is 2.80. The zero-order valence-electron chi connectivity index (χ0n) is 19.0. The van der Waals surface area contributed by atoms with Crippen LogP contribution < -0.4 is 5.32 Å². The molecule has 1 saturated carbocycles. The van der Waals surface area contributed by atoms with E-state index in [4.69, 9.17) is 0 Å². The molecule has 32 heavy (non-hydrogen) atoms. The Morgan fingerprint density at radius 3 is 2.41 bits per heavy atom. The molecule has 3 rings (SSSR count). The first-order valence-electron chi connectivity index (χ1n) is 11.4. The third kappa shape index (κ3) is 6.83. The van der Waals surface area contributed by atoms with Gasteiger partial charge in [-0.3, -0.25) is 9.59 Å². The molecule has 0 aromatic heterocycles. The van der Waals surface area contributed by atoms with Crippen LogP contribution >= 0.6 is 11.8 Å². The van der Waals surface area contributed by atoms with Gasteiger partial charge in [0, 0.05) is 23.9 Å². The van der Waals surface area contributed by atoms with Crippen LogP contribution in [-0.2, 0) is 21.9 Å². The first kappa shape index (κ1) is 24.3. The van der Waals surface area contributed by atoms with Crippen molar-refractivity contribution in [3.05, 3.63) is 71.0 Å². The van der Waals surface area contributed by atoms with E-state index >= 15 is 0 Å². The molecule has 1 fully saturated rings. The van der Waals surface area contributed by atoms with E-state index < -0.39 is 6.04 Å². The minimum absolute atomic E-state index is 0.0791. The molecule has 1 atom stereocenters. The van der Waals surface area contributed by atoms with Gasteiger partial charge in [0.1, 0.15) is 11.9 Å². The maximum atomic E-state index is 14.3. The van der Waals surface area contributed by atoms with Crippen molar-refractivity contribution in [3.8, 4) is 0 Å². The number of nitrogens with zero attached hydrogens (tertiary/aromatic N) is 1. The maximum Gasteiger partial charge on any atom is 0.242 e. The quantitative estimate of drug-likeness (QED) is 0.562. The van der Waals surface area contributed by atoms with Crippen LogP contribution in [0, 0.1) is 12.7 Å². The van der Waals surface area contributed by atoms with Crippen LogP contribution in [0.5, 0.6) is 0 Å². The average molecular weight is 457 g/mol. The molecular formula is C26H33FN2O2S. The predicted molar refractivity (Wildman–Crippen MR) is 129 cm³/mol. The number of aryl methyl sites for hydroxylation is 1. The fourth-order valence-corrected chi connectivity index (χ4v) is 5.05. The molecule has 1 N–H and O–H groups in total. The van der Waals surface area contributed by atoms with E-state index in [9.17, 15) is 14.0 Å². The second-order valence-corrected chi connectivity index (χ2v) is 9.54. The predicted octanol–water partition coefficient (Wildman–Crippen LogP) is 5.23. The smallest absolute Gasteiger partial charge is 0.242 e. The van der Waals surface area contributed by atoms with Crippen LogP contribution in [0.15, 0.2) is 48.5 Å². The van der Waals surface area contributed by atoms with Gasteiger partial charge < -0.3 is 10.2 Å². The van der Waals surface area contributed by atoms with Crippen molar-refractivity contribution in [2.45, 2.75) is 70.3 Å². The van der Waals surface area contributed by atoms with E-state index in [1.807, 2.05) is 12.1 Å². The number of benzene rings is 2. The van der Waals surface area contributed by atoms with Gasteiger partial charge in [-0.05, 0) is 43.9 Å². The van der Waals surface area contributed by atoms with Gasteiger partial charge in [-0.1, -0.05) is 61.7 Å². The standard InChI is InChI=1S/C26H33FN2O2S/c1-19-10-6-7-12-22(19)17-32-18-25(30)29(16-21-11-8-9-15-24(21)27)20(2)26(31)28-23-13-4-3-5-14-23/h6-12,15,20,23H,3-5,13-14,16-18H2,1-2H3,(H,28,31). The number of hydrogen-bond donors (Lipinski definition) is 1. The van der Waals surface area contributed by atoms with Gasteiger partial charge in [0.05, 0.1) is 5.75 Å². The van der Waals surface area contributed by atoms with Crippen LogP contribution in [0.2, 0.25) is 0 Å². The molecule has 0 saturated heterocycles. The van der Waals surface area contributed by atoms with Crippen molar-refractivity contribution in [2.75, 3.05) is 5.75 Å². The number of hydrogen-bond acceptors (Lipinski definition) is 3. The topological polar surface area (TPSA) is 49.4 Å². The Bertz CT molecular complexity index is 914. The summed E-state index contributed by atoms with van der Waals surface area (Å²) in [7, 11) is 0. The molecular weight excluding hydrogens is 423 g/mol. The van der Waals surface area contributed by atoms with E-state index in [-0.39, 0.29) is 36.0 Å². The lowest BCUT2D eigenvalue weighted by atomic mass is 9.95. The number of rotatable bonds is 9. The highest BCUT2D eigenvalue weighted by molar-refractivity contribution is 7.99. The fourth-order valence-electron chi connectivity index (χ4n) is 4.06. The number of halogens is 1. The van der Waals surface area contributed by atoms with Crippen molar-refractivity contribution >= 4 is 23.6 Å². The highest BCUT2D eigenvalue weighted by Crippen LogP contribution is 2.20. The van der Waals surface area contributed by atoms with Crippen molar-refractivity contribution in [2.24, 2.45) is 0 Å². The zero-order chi connectivity index (χ0) is 22.9. The van der Waals surface area contributed by atoms with Gasteiger partial charge >= 0.3 is 0 Å². The average Bonchev–Trinajstić information content (AvgIpc) is 2.80. The number of carbonyl (C=O) groups is 2.